The van der Waals surface area contributed by atoms with Crippen LogP contribution in [0.2, 0.25) is 0 Å². The van der Waals surface area contributed by atoms with Gasteiger partial charge < -0.3 is 9.84 Å². The first kappa shape index (κ1) is 10.7. The Kier molecular flexibility index (Phi) is 2.61. The summed E-state index contributed by atoms with van der Waals surface area (Å²) in [4.78, 5) is 5.78. The van der Waals surface area contributed by atoms with Crippen molar-refractivity contribution in [3.05, 3.63) is 33.6 Å². The van der Waals surface area contributed by atoms with Crippen molar-refractivity contribution in [3.63, 3.8) is 0 Å². The second kappa shape index (κ2) is 4.13. The fourth-order valence-electron chi connectivity index (χ4n) is 2.23. The Balaban J connectivity index is 2.12. The zero-order chi connectivity index (χ0) is 11.8. The maximum atomic E-state index is 9.14. The second-order valence-corrected chi connectivity index (χ2v) is 5.23. The number of thiazole rings is 1. The Labute approximate surface area is 104 Å². The van der Waals surface area contributed by atoms with E-state index in [1.54, 1.807) is 18.4 Å². The Hall–Kier alpha value is -1.39. The predicted octanol–water partition coefficient (Wildman–Crippen LogP) is 2.41. The number of aryl methyl sites for hydroxylation is 2. The molecule has 0 radical (unpaired) electrons. The molecule has 0 unspecified atom stereocenters. The highest BCUT2D eigenvalue weighted by Gasteiger charge is 2.20. The van der Waals surface area contributed by atoms with Crippen molar-refractivity contribution < 1.29 is 9.84 Å². The molecule has 17 heavy (non-hydrogen) atoms. The highest BCUT2D eigenvalue weighted by Crippen LogP contribution is 2.37. The van der Waals surface area contributed by atoms with Gasteiger partial charge in [0.05, 0.1) is 19.4 Å². The molecule has 1 aliphatic rings. The SMILES string of the molecule is COc1ccc2c(c1)CCc1sc(CO)nc1-2. The summed E-state index contributed by atoms with van der Waals surface area (Å²) in [5.74, 6) is 0.893. The molecule has 3 rings (SSSR count). The van der Waals surface area contributed by atoms with Crippen LogP contribution in [0, 0.1) is 0 Å². The summed E-state index contributed by atoms with van der Waals surface area (Å²) >= 11 is 1.62. The number of rotatable bonds is 2. The monoisotopic (exact) mass is 247 g/mol. The van der Waals surface area contributed by atoms with Gasteiger partial charge in [0.2, 0.25) is 0 Å². The van der Waals surface area contributed by atoms with Crippen molar-refractivity contribution in [2.75, 3.05) is 7.11 Å². The van der Waals surface area contributed by atoms with E-state index in [-0.39, 0.29) is 6.61 Å². The zero-order valence-electron chi connectivity index (χ0n) is 9.56. The van der Waals surface area contributed by atoms with E-state index in [1.807, 2.05) is 6.07 Å². The van der Waals surface area contributed by atoms with Gasteiger partial charge in [-0.05, 0) is 36.6 Å². The lowest BCUT2D eigenvalue weighted by Gasteiger charge is -2.15. The Morgan fingerprint density at radius 3 is 3.06 bits per heavy atom. The van der Waals surface area contributed by atoms with Gasteiger partial charge in [0.25, 0.3) is 0 Å². The summed E-state index contributed by atoms with van der Waals surface area (Å²) in [5, 5.41) is 9.95. The summed E-state index contributed by atoms with van der Waals surface area (Å²) in [7, 11) is 1.68. The first-order valence-corrected chi connectivity index (χ1v) is 6.40. The van der Waals surface area contributed by atoms with Crippen LogP contribution in [0.3, 0.4) is 0 Å². The molecule has 0 saturated heterocycles. The fraction of sp³-hybridized carbons (Fsp3) is 0.308. The molecule has 3 nitrogen and oxygen atoms in total. The van der Waals surface area contributed by atoms with Crippen LogP contribution in [0.15, 0.2) is 18.2 Å². The summed E-state index contributed by atoms with van der Waals surface area (Å²) in [6.07, 6.45) is 2.03. The average molecular weight is 247 g/mol. The first-order valence-electron chi connectivity index (χ1n) is 5.58. The minimum absolute atomic E-state index is 0.0309. The van der Waals surface area contributed by atoms with E-state index in [0.717, 1.165) is 29.3 Å². The number of benzene rings is 1. The quantitative estimate of drug-likeness (QED) is 0.886. The van der Waals surface area contributed by atoms with Gasteiger partial charge in [0, 0.05) is 10.4 Å². The van der Waals surface area contributed by atoms with Gasteiger partial charge in [-0.1, -0.05) is 0 Å². The number of methoxy groups -OCH3 is 1. The summed E-state index contributed by atoms with van der Waals surface area (Å²) in [5.41, 5.74) is 3.51. The molecule has 0 atom stereocenters. The van der Waals surface area contributed by atoms with E-state index in [0.29, 0.717) is 0 Å². The highest BCUT2D eigenvalue weighted by molar-refractivity contribution is 7.12. The molecule has 0 aliphatic heterocycles. The maximum absolute atomic E-state index is 9.14. The lowest BCUT2D eigenvalue weighted by Crippen LogP contribution is -2.02. The van der Waals surface area contributed by atoms with Gasteiger partial charge in [0.1, 0.15) is 10.8 Å². The van der Waals surface area contributed by atoms with Crippen LogP contribution in [0.25, 0.3) is 11.3 Å². The van der Waals surface area contributed by atoms with E-state index < -0.39 is 0 Å². The lowest BCUT2D eigenvalue weighted by molar-refractivity contribution is 0.281. The third-order valence-corrected chi connectivity index (χ3v) is 4.17. The molecule has 1 aliphatic carbocycles. The van der Waals surface area contributed by atoms with Gasteiger partial charge in [-0.25, -0.2) is 4.98 Å². The zero-order valence-corrected chi connectivity index (χ0v) is 10.4. The molecule has 1 N–H and O–H groups in total. The molecule has 0 amide bonds. The van der Waals surface area contributed by atoms with E-state index >= 15 is 0 Å². The Bertz CT molecular complexity index is 563. The standard InChI is InChI=1S/C13H13NO2S/c1-16-9-3-4-10-8(6-9)2-5-11-13(10)14-12(7-15)17-11/h3-4,6,15H,2,5,7H2,1H3. The van der Waals surface area contributed by atoms with Crippen molar-refractivity contribution in [2.24, 2.45) is 0 Å². The molecule has 88 valence electrons. The van der Waals surface area contributed by atoms with Gasteiger partial charge >= 0.3 is 0 Å². The molecule has 0 spiro atoms. The van der Waals surface area contributed by atoms with Crippen molar-refractivity contribution in [1.82, 2.24) is 4.98 Å². The molecule has 1 heterocycles. The van der Waals surface area contributed by atoms with Gasteiger partial charge in [-0.3, -0.25) is 0 Å². The molecule has 1 aromatic heterocycles. The van der Waals surface area contributed by atoms with E-state index in [4.69, 9.17) is 9.84 Å². The van der Waals surface area contributed by atoms with Gasteiger partial charge in [-0.15, -0.1) is 11.3 Å². The lowest BCUT2D eigenvalue weighted by atomic mass is 9.93. The molecule has 0 fully saturated rings. The van der Waals surface area contributed by atoms with Gasteiger partial charge in [0.15, 0.2) is 0 Å². The summed E-state index contributed by atoms with van der Waals surface area (Å²) in [6.45, 7) is 0.0309. The van der Waals surface area contributed by atoms with Crippen molar-refractivity contribution in [2.45, 2.75) is 19.4 Å². The second-order valence-electron chi connectivity index (χ2n) is 4.06. The van der Waals surface area contributed by atoms with Crippen LogP contribution >= 0.6 is 11.3 Å². The number of hydrogen-bond acceptors (Lipinski definition) is 4. The number of fused-ring (bicyclic) bond motifs is 3. The number of ether oxygens (including phenoxy) is 1. The van der Waals surface area contributed by atoms with Crippen molar-refractivity contribution in [3.8, 4) is 17.0 Å². The third kappa shape index (κ3) is 1.73. The minimum atomic E-state index is 0.0309. The number of aliphatic hydroxyl groups excluding tert-OH is 1. The molecule has 0 saturated carbocycles. The van der Waals surface area contributed by atoms with Crippen LogP contribution in [-0.2, 0) is 19.4 Å². The van der Waals surface area contributed by atoms with E-state index in [1.165, 1.54) is 16.0 Å². The van der Waals surface area contributed by atoms with E-state index in [2.05, 4.69) is 17.1 Å². The molecular weight excluding hydrogens is 234 g/mol. The third-order valence-electron chi connectivity index (χ3n) is 3.07. The summed E-state index contributed by atoms with van der Waals surface area (Å²) < 4.78 is 5.24. The van der Waals surface area contributed by atoms with Crippen LogP contribution in [0.5, 0.6) is 5.75 Å². The molecule has 0 bridgehead atoms. The Morgan fingerprint density at radius 1 is 1.41 bits per heavy atom. The topological polar surface area (TPSA) is 42.4 Å². The summed E-state index contributed by atoms with van der Waals surface area (Å²) in [6, 6.07) is 6.11. The number of nitrogens with zero attached hydrogens (tertiary/aromatic N) is 1. The largest absolute Gasteiger partial charge is 0.497 e. The number of aliphatic hydroxyl groups is 1. The van der Waals surface area contributed by atoms with Crippen LogP contribution in [0.1, 0.15) is 15.4 Å². The first-order chi connectivity index (χ1) is 8.31. The van der Waals surface area contributed by atoms with Crippen LogP contribution in [0.4, 0.5) is 0 Å². The fourth-order valence-corrected chi connectivity index (χ4v) is 3.17. The van der Waals surface area contributed by atoms with Crippen LogP contribution in [-0.4, -0.2) is 17.2 Å². The molecular formula is C13H13NO2S. The smallest absolute Gasteiger partial charge is 0.119 e. The minimum Gasteiger partial charge on any atom is -0.497 e. The normalized spacial score (nSPS) is 13.1. The molecule has 2 aromatic rings. The number of hydrogen-bond donors (Lipinski definition) is 1. The van der Waals surface area contributed by atoms with Crippen molar-refractivity contribution >= 4 is 11.3 Å². The van der Waals surface area contributed by atoms with Gasteiger partial charge in [-0.2, -0.15) is 0 Å². The molecule has 4 heteroatoms. The van der Waals surface area contributed by atoms with Crippen molar-refractivity contribution in [1.29, 1.82) is 0 Å². The highest BCUT2D eigenvalue weighted by atomic mass is 32.1. The maximum Gasteiger partial charge on any atom is 0.119 e. The number of aromatic nitrogens is 1. The van der Waals surface area contributed by atoms with Crippen LogP contribution < -0.4 is 4.74 Å². The molecule has 1 aromatic carbocycles. The Morgan fingerprint density at radius 2 is 2.29 bits per heavy atom. The predicted molar refractivity (Wildman–Crippen MR) is 67.4 cm³/mol. The average Bonchev–Trinajstić information content (AvgIpc) is 2.81. The van der Waals surface area contributed by atoms with E-state index in [9.17, 15) is 0 Å².